The number of aliphatic carboxylic acids is 2. The average Bonchev–Trinajstić information content (AvgIpc) is 2.59. The number of hydrogen-bond donors (Lipinski definition) is 2. The number of carboxylic acid groups (broad SMARTS) is 2. The molecule has 1 aliphatic rings. The molecule has 0 unspecified atom stereocenters. The molecule has 1 fully saturated rings. The maximum atomic E-state index is 9.10. The molecule has 0 aliphatic carbocycles. The van der Waals surface area contributed by atoms with E-state index in [4.69, 9.17) is 29.3 Å². The smallest absolute Gasteiger partial charge is 0.414 e. The zero-order chi connectivity index (χ0) is 20.2. The molecule has 1 heterocycles. The molecule has 0 spiro atoms. The van der Waals surface area contributed by atoms with Gasteiger partial charge in [-0.15, -0.1) is 0 Å². The van der Waals surface area contributed by atoms with Crippen LogP contribution in [0.15, 0.2) is 18.2 Å². The summed E-state index contributed by atoms with van der Waals surface area (Å²) in [5.41, 5.74) is 2.47. The molecule has 0 atom stereocenters. The van der Waals surface area contributed by atoms with Gasteiger partial charge in [-0.25, -0.2) is 9.59 Å². The fraction of sp³-hybridized carbons (Fsp3) is 0.579. The van der Waals surface area contributed by atoms with Crippen molar-refractivity contribution >= 4 is 11.9 Å². The molecule has 0 aromatic heterocycles. The molecule has 27 heavy (non-hydrogen) atoms. The van der Waals surface area contributed by atoms with Crippen LogP contribution in [-0.2, 0) is 14.3 Å². The van der Waals surface area contributed by atoms with E-state index in [0.29, 0.717) is 13.2 Å². The first kappa shape index (κ1) is 22.9. The Morgan fingerprint density at radius 3 is 2.00 bits per heavy atom. The largest absolute Gasteiger partial charge is 0.491 e. The molecule has 0 bridgehead atoms. The van der Waals surface area contributed by atoms with E-state index in [-0.39, 0.29) is 0 Å². The summed E-state index contributed by atoms with van der Waals surface area (Å²) in [6, 6.07) is 6.29. The van der Waals surface area contributed by atoms with Crippen LogP contribution in [0.1, 0.15) is 11.1 Å². The third-order valence-corrected chi connectivity index (χ3v) is 4.02. The van der Waals surface area contributed by atoms with E-state index < -0.39 is 11.9 Å². The van der Waals surface area contributed by atoms with Gasteiger partial charge in [-0.2, -0.15) is 0 Å². The van der Waals surface area contributed by atoms with Crippen molar-refractivity contribution in [2.24, 2.45) is 0 Å². The van der Waals surface area contributed by atoms with Gasteiger partial charge in [0, 0.05) is 32.7 Å². The molecular formula is C19H30N2O6. The van der Waals surface area contributed by atoms with Crippen molar-refractivity contribution in [3.05, 3.63) is 29.3 Å². The SMILES string of the molecule is Cc1cc(C)cc(OCCOCCN2CCN(C)CC2)c1.O=C(O)C(=O)O. The summed E-state index contributed by atoms with van der Waals surface area (Å²) in [6.45, 7) is 11.9. The lowest BCUT2D eigenvalue weighted by Gasteiger charge is -2.32. The highest BCUT2D eigenvalue weighted by atomic mass is 16.5. The van der Waals surface area contributed by atoms with E-state index in [2.05, 4.69) is 48.9 Å². The van der Waals surface area contributed by atoms with Gasteiger partial charge < -0.3 is 24.6 Å². The lowest BCUT2D eigenvalue weighted by molar-refractivity contribution is -0.159. The second kappa shape index (κ2) is 12.3. The Morgan fingerprint density at radius 1 is 0.926 bits per heavy atom. The van der Waals surface area contributed by atoms with E-state index in [1.165, 1.54) is 11.1 Å². The van der Waals surface area contributed by atoms with E-state index in [9.17, 15) is 0 Å². The van der Waals surface area contributed by atoms with Crippen molar-refractivity contribution in [2.45, 2.75) is 13.8 Å². The van der Waals surface area contributed by atoms with Crippen LogP contribution >= 0.6 is 0 Å². The lowest BCUT2D eigenvalue weighted by atomic mass is 10.1. The number of carboxylic acids is 2. The third kappa shape index (κ3) is 10.5. The molecule has 8 heteroatoms. The summed E-state index contributed by atoms with van der Waals surface area (Å²) < 4.78 is 11.4. The first-order valence-electron chi connectivity index (χ1n) is 8.94. The molecule has 0 amide bonds. The molecule has 0 radical (unpaired) electrons. The zero-order valence-corrected chi connectivity index (χ0v) is 16.3. The van der Waals surface area contributed by atoms with Crippen LogP contribution in [0.2, 0.25) is 0 Å². The zero-order valence-electron chi connectivity index (χ0n) is 16.3. The van der Waals surface area contributed by atoms with Crippen LogP contribution in [0.3, 0.4) is 0 Å². The highest BCUT2D eigenvalue weighted by molar-refractivity contribution is 6.27. The second-order valence-corrected chi connectivity index (χ2v) is 6.54. The summed E-state index contributed by atoms with van der Waals surface area (Å²) >= 11 is 0. The van der Waals surface area contributed by atoms with E-state index >= 15 is 0 Å². The third-order valence-electron chi connectivity index (χ3n) is 4.02. The summed E-state index contributed by atoms with van der Waals surface area (Å²) in [5, 5.41) is 14.8. The van der Waals surface area contributed by atoms with Crippen molar-refractivity contribution in [2.75, 3.05) is 59.6 Å². The topological polar surface area (TPSA) is 99.5 Å². The molecule has 152 valence electrons. The van der Waals surface area contributed by atoms with Crippen LogP contribution in [0.4, 0.5) is 0 Å². The summed E-state index contributed by atoms with van der Waals surface area (Å²) in [4.78, 5) is 23.0. The molecule has 1 aromatic rings. The number of ether oxygens (including phenoxy) is 2. The first-order chi connectivity index (χ1) is 12.8. The fourth-order valence-corrected chi connectivity index (χ4v) is 2.60. The lowest BCUT2D eigenvalue weighted by Crippen LogP contribution is -2.45. The molecule has 2 N–H and O–H groups in total. The van der Waals surface area contributed by atoms with Crippen LogP contribution in [-0.4, -0.2) is 91.5 Å². The monoisotopic (exact) mass is 382 g/mol. The molecule has 1 saturated heterocycles. The minimum absolute atomic E-state index is 0.617. The predicted molar refractivity (Wildman–Crippen MR) is 101 cm³/mol. The number of rotatable bonds is 7. The minimum atomic E-state index is -1.82. The number of aryl methyl sites for hydroxylation is 2. The number of likely N-dealkylation sites (N-methyl/N-ethyl adjacent to an activating group) is 1. The number of benzene rings is 1. The maximum absolute atomic E-state index is 9.10. The Kier molecular flexibility index (Phi) is 10.4. The van der Waals surface area contributed by atoms with Crippen molar-refractivity contribution in [3.8, 4) is 5.75 Å². The quantitative estimate of drug-likeness (QED) is 0.534. The summed E-state index contributed by atoms with van der Waals surface area (Å²) in [7, 11) is 2.18. The Labute approximate surface area is 160 Å². The number of hydrogen-bond acceptors (Lipinski definition) is 6. The van der Waals surface area contributed by atoms with Gasteiger partial charge in [-0.05, 0) is 44.2 Å². The Hall–Kier alpha value is -2.16. The Morgan fingerprint density at radius 2 is 1.48 bits per heavy atom. The fourth-order valence-electron chi connectivity index (χ4n) is 2.60. The summed E-state index contributed by atoms with van der Waals surface area (Å²) in [6.07, 6.45) is 0. The normalized spacial score (nSPS) is 14.9. The van der Waals surface area contributed by atoms with Gasteiger partial charge in [-0.1, -0.05) is 6.07 Å². The first-order valence-corrected chi connectivity index (χ1v) is 8.94. The van der Waals surface area contributed by atoms with Gasteiger partial charge >= 0.3 is 11.9 Å². The summed E-state index contributed by atoms with van der Waals surface area (Å²) in [5.74, 6) is -2.71. The van der Waals surface area contributed by atoms with E-state index in [0.717, 1.165) is 45.1 Å². The maximum Gasteiger partial charge on any atom is 0.414 e. The van der Waals surface area contributed by atoms with Crippen molar-refractivity contribution in [1.82, 2.24) is 9.80 Å². The second-order valence-electron chi connectivity index (χ2n) is 6.54. The minimum Gasteiger partial charge on any atom is -0.491 e. The van der Waals surface area contributed by atoms with Crippen molar-refractivity contribution in [3.63, 3.8) is 0 Å². The van der Waals surface area contributed by atoms with E-state index in [1.807, 2.05) is 0 Å². The number of nitrogens with zero attached hydrogens (tertiary/aromatic N) is 2. The number of carbonyl (C=O) groups is 2. The molecule has 1 aliphatic heterocycles. The van der Waals surface area contributed by atoms with E-state index in [1.54, 1.807) is 0 Å². The van der Waals surface area contributed by atoms with Crippen molar-refractivity contribution < 1.29 is 29.3 Å². The molecule has 8 nitrogen and oxygen atoms in total. The van der Waals surface area contributed by atoms with Gasteiger partial charge in [0.2, 0.25) is 0 Å². The van der Waals surface area contributed by atoms with Crippen LogP contribution in [0, 0.1) is 13.8 Å². The van der Waals surface area contributed by atoms with Gasteiger partial charge in [0.1, 0.15) is 12.4 Å². The van der Waals surface area contributed by atoms with Crippen molar-refractivity contribution in [1.29, 1.82) is 0 Å². The Balaban J connectivity index is 0.000000527. The molecule has 2 rings (SSSR count). The molecular weight excluding hydrogens is 352 g/mol. The predicted octanol–water partition coefficient (Wildman–Crippen LogP) is 1.10. The van der Waals surface area contributed by atoms with Gasteiger partial charge in [0.25, 0.3) is 0 Å². The average molecular weight is 382 g/mol. The van der Waals surface area contributed by atoms with Crippen LogP contribution in [0.25, 0.3) is 0 Å². The van der Waals surface area contributed by atoms with Gasteiger partial charge in [0.15, 0.2) is 0 Å². The molecule has 1 aromatic carbocycles. The standard InChI is InChI=1S/C17H28N2O2.C2H2O4/c1-15-12-16(2)14-17(13-15)21-11-10-20-9-8-19-6-4-18(3)5-7-19;3-1(4)2(5)6/h12-14H,4-11H2,1-3H3;(H,3,4)(H,5,6). The van der Waals surface area contributed by atoms with Crippen LogP contribution < -0.4 is 4.74 Å². The Bertz CT molecular complexity index is 568. The van der Waals surface area contributed by atoms with Gasteiger partial charge in [-0.3, -0.25) is 4.90 Å². The van der Waals surface area contributed by atoms with Crippen LogP contribution in [0.5, 0.6) is 5.75 Å². The highest BCUT2D eigenvalue weighted by Crippen LogP contribution is 2.15. The van der Waals surface area contributed by atoms with Gasteiger partial charge in [0.05, 0.1) is 13.2 Å². The highest BCUT2D eigenvalue weighted by Gasteiger charge is 2.12. The number of piperazine rings is 1. The molecule has 0 saturated carbocycles.